The van der Waals surface area contributed by atoms with Crippen LogP contribution in [0.1, 0.15) is 13.3 Å². The number of carbonyl (C=O) groups excluding carboxylic acids is 1. The third kappa shape index (κ3) is 4.11. The third-order valence-electron chi connectivity index (χ3n) is 3.72. The average molecular weight is 394 g/mol. The van der Waals surface area contributed by atoms with Gasteiger partial charge in [0.05, 0.1) is 26.8 Å². The lowest BCUT2D eigenvalue weighted by Crippen LogP contribution is -2.13. The number of anilines is 1. The van der Waals surface area contributed by atoms with Crippen LogP contribution in [-0.2, 0) is 11.3 Å². The van der Waals surface area contributed by atoms with E-state index in [1.54, 1.807) is 30.0 Å². The van der Waals surface area contributed by atoms with Gasteiger partial charge in [0.25, 0.3) is 0 Å². The summed E-state index contributed by atoms with van der Waals surface area (Å²) in [5, 5.41) is 4.56. The molecule has 1 aromatic heterocycles. The van der Waals surface area contributed by atoms with E-state index in [2.05, 4.69) is 27.9 Å². The molecule has 0 unspecified atom stereocenters. The first-order valence-electron chi connectivity index (χ1n) is 7.92. The van der Waals surface area contributed by atoms with Crippen LogP contribution in [0.2, 0.25) is 10.0 Å². The van der Waals surface area contributed by atoms with Crippen molar-refractivity contribution in [3.63, 3.8) is 0 Å². The highest BCUT2D eigenvalue weighted by Crippen LogP contribution is 2.30. The molecular weight excluding hydrogens is 377 g/mol. The lowest BCUT2D eigenvalue weighted by atomic mass is 10.3. The number of halogens is 2. The molecule has 4 nitrogen and oxygen atoms in total. The summed E-state index contributed by atoms with van der Waals surface area (Å²) in [5.74, 6) is 0.499. The first-order chi connectivity index (χ1) is 12.1. The number of rotatable bonds is 6. The van der Waals surface area contributed by atoms with Crippen LogP contribution in [0.4, 0.5) is 5.69 Å². The maximum Gasteiger partial charge on any atom is 0.225 e. The normalized spacial score (nSPS) is 11.0. The molecule has 3 rings (SSSR count). The van der Waals surface area contributed by atoms with E-state index in [-0.39, 0.29) is 5.91 Å². The second kappa shape index (κ2) is 8.13. The molecule has 3 aromatic rings. The highest BCUT2D eigenvalue weighted by atomic mass is 35.5. The predicted octanol–water partition coefficient (Wildman–Crippen LogP) is 5.48. The minimum atomic E-state index is -0.123. The Labute approximate surface area is 160 Å². The van der Waals surface area contributed by atoms with E-state index in [1.165, 1.54) is 0 Å². The molecular formula is C18H17Cl2N3OS. The minimum absolute atomic E-state index is 0.123. The number of amides is 1. The largest absolute Gasteiger partial charge is 0.324 e. The van der Waals surface area contributed by atoms with E-state index < -0.39 is 0 Å². The van der Waals surface area contributed by atoms with Crippen LogP contribution in [0.3, 0.4) is 0 Å². The monoisotopic (exact) mass is 393 g/mol. The zero-order valence-corrected chi connectivity index (χ0v) is 16.0. The molecule has 0 aliphatic heterocycles. The van der Waals surface area contributed by atoms with Crippen molar-refractivity contribution in [2.45, 2.75) is 25.0 Å². The first kappa shape index (κ1) is 18.1. The van der Waals surface area contributed by atoms with Crippen molar-refractivity contribution in [2.24, 2.45) is 0 Å². The summed E-state index contributed by atoms with van der Waals surface area (Å²) in [6, 6.07) is 13.2. The Morgan fingerprint density at radius 3 is 2.60 bits per heavy atom. The molecule has 0 bridgehead atoms. The number of benzene rings is 2. The van der Waals surface area contributed by atoms with Gasteiger partial charge in [0, 0.05) is 18.7 Å². The van der Waals surface area contributed by atoms with Gasteiger partial charge < -0.3 is 9.88 Å². The molecule has 0 atom stereocenters. The van der Waals surface area contributed by atoms with Gasteiger partial charge in [0.1, 0.15) is 0 Å². The van der Waals surface area contributed by atoms with E-state index in [4.69, 9.17) is 23.2 Å². The number of aryl methyl sites for hydroxylation is 1. The van der Waals surface area contributed by atoms with Crippen molar-refractivity contribution in [2.75, 3.05) is 11.1 Å². The van der Waals surface area contributed by atoms with Gasteiger partial charge in [0.15, 0.2) is 5.16 Å². The zero-order chi connectivity index (χ0) is 17.8. The fourth-order valence-electron chi connectivity index (χ4n) is 2.52. The highest BCUT2D eigenvalue weighted by Gasteiger charge is 2.12. The number of imidazole rings is 1. The average Bonchev–Trinajstić information content (AvgIpc) is 2.95. The smallest absolute Gasteiger partial charge is 0.225 e. The van der Waals surface area contributed by atoms with E-state index in [0.29, 0.717) is 27.9 Å². The molecule has 0 saturated heterocycles. The Hall–Kier alpha value is -1.69. The Morgan fingerprint density at radius 2 is 1.88 bits per heavy atom. The van der Waals surface area contributed by atoms with Crippen LogP contribution >= 0.6 is 35.0 Å². The van der Waals surface area contributed by atoms with Crippen LogP contribution < -0.4 is 5.32 Å². The topological polar surface area (TPSA) is 46.9 Å². The lowest BCUT2D eigenvalue weighted by molar-refractivity contribution is -0.115. The molecule has 7 heteroatoms. The van der Waals surface area contributed by atoms with Gasteiger partial charge in [-0.1, -0.05) is 53.2 Å². The van der Waals surface area contributed by atoms with Crippen LogP contribution in [0.25, 0.3) is 11.0 Å². The Kier molecular flexibility index (Phi) is 5.89. The van der Waals surface area contributed by atoms with Crippen molar-refractivity contribution >= 4 is 57.6 Å². The molecule has 1 amide bonds. The lowest BCUT2D eigenvalue weighted by Gasteiger charge is -2.09. The molecule has 0 saturated carbocycles. The number of hydrogen-bond acceptors (Lipinski definition) is 3. The number of nitrogens with one attached hydrogen (secondary N) is 1. The van der Waals surface area contributed by atoms with E-state index in [9.17, 15) is 4.79 Å². The second-order valence-corrected chi connectivity index (χ2v) is 7.25. The highest BCUT2D eigenvalue weighted by molar-refractivity contribution is 7.99. The Bertz CT molecular complexity index is 890. The molecule has 0 radical (unpaired) electrons. The minimum Gasteiger partial charge on any atom is -0.324 e. The number of thioether (sulfide) groups is 1. The number of aromatic nitrogens is 2. The summed E-state index contributed by atoms with van der Waals surface area (Å²) in [7, 11) is 0. The summed E-state index contributed by atoms with van der Waals surface area (Å²) in [5.41, 5.74) is 2.54. The summed E-state index contributed by atoms with van der Waals surface area (Å²) in [6.07, 6.45) is 0.346. The summed E-state index contributed by atoms with van der Waals surface area (Å²) >= 11 is 13.7. The fourth-order valence-corrected chi connectivity index (χ4v) is 4.03. The number of hydrogen-bond donors (Lipinski definition) is 1. The molecule has 0 spiro atoms. The summed E-state index contributed by atoms with van der Waals surface area (Å²) in [6.45, 7) is 2.93. The quantitative estimate of drug-likeness (QED) is 0.563. The third-order valence-corrected chi connectivity index (χ3v) is 5.33. The van der Waals surface area contributed by atoms with Crippen LogP contribution in [0, 0.1) is 0 Å². The van der Waals surface area contributed by atoms with Gasteiger partial charge in [-0.15, -0.1) is 0 Å². The number of fused-ring (bicyclic) bond motifs is 1. The molecule has 130 valence electrons. The van der Waals surface area contributed by atoms with Gasteiger partial charge in [-0.3, -0.25) is 4.79 Å². The number of carbonyl (C=O) groups is 1. The zero-order valence-electron chi connectivity index (χ0n) is 13.6. The van der Waals surface area contributed by atoms with Crippen LogP contribution in [0.15, 0.2) is 47.6 Å². The van der Waals surface area contributed by atoms with Crippen LogP contribution in [-0.4, -0.2) is 21.2 Å². The number of nitrogens with zero attached hydrogens (tertiary/aromatic N) is 2. The maximum atomic E-state index is 12.2. The molecule has 0 aliphatic rings. The molecule has 2 aromatic carbocycles. The molecule has 1 N–H and O–H groups in total. The SMILES string of the molecule is CCn1c(SCCC(=O)Nc2c(Cl)cccc2Cl)nc2ccccc21. The fraction of sp³-hybridized carbons (Fsp3) is 0.222. The predicted molar refractivity (Wildman–Crippen MR) is 106 cm³/mol. The van der Waals surface area contributed by atoms with Crippen LogP contribution in [0.5, 0.6) is 0 Å². The summed E-state index contributed by atoms with van der Waals surface area (Å²) < 4.78 is 2.16. The van der Waals surface area contributed by atoms with Crippen molar-refractivity contribution < 1.29 is 4.79 Å². The molecule has 0 aliphatic carbocycles. The van der Waals surface area contributed by atoms with E-state index in [1.807, 2.05) is 18.2 Å². The van der Waals surface area contributed by atoms with E-state index in [0.717, 1.165) is 22.7 Å². The summed E-state index contributed by atoms with van der Waals surface area (Å²) in [4.78, 5) is 16.8. The van der Waals surface area contributed by atoms with Gasteiger partial charge in [-0.25, -0.2) is 4.98 Å². The van der Waals surface area contributed by atoms with E-state index >= 15 is 0 Å². The van der Waals surface area contributed by atoms with Gasteiger partial charge in [-0.2, -0.15) is 0 Å². The first-order valence-corrected chi connectivity index (χ1v) is 9.66. The van der Waals surface area contributed by atoms with Crippen molar-refractivity contribution in [3.8, 4) is 0 Å². The molecule has 0 fully saturated rings. The molecule has 1 heterocycles. The molecule has 25 heavy (non-hydrogen) atoms. The Morgan fingerprint density at radius 1 is 1.16 bits per heavy atom. The van der Waals surface area contributed by atoms with Gasteiger partial charge in [-0.05, 0) is 31.2 Å². The number of para-hydroxylation sites is 3. The van der Waals surface area contributed by atoms with Crippen molar-refractivity contribution in [1.82, 2.24) is 9.55 Å². The maximum absolute atomic E-state index is 12.2. The second-order valence-electron chi connectivity index (χ2n) is 5.37. The Balaban J connectivity index is 1.62. The van der Waals surface area contributed by atoms with Crippen molar-refractivity contribution in [3.05, 3.63) is 52.5 Å². The van der Waals surface area contributed by atoms with Crippen molar-refractivity contribution in [1.29, 1.82) is 0 Å². The standard InChI is InChI=1S/C18H17Cl2N3OS/c1-2-23-15-9-4-3-8-14(15)21-18(23)25-11-10-16(24)22-17-12(19)6-5-7-13(17)20/h3-9H,2,10-11H2,1H3,(H,22,24). The van der Waals surface area contributed by atoms with Gasteiger partial charge >= 0.3 is 0 Å². The van der Waals surface area contributed by atoms with Gasteiger partial charge in [0.2, 0.25) is 5.91 Å².